The van der Waals surface area contributed by atoms with Crippen LogP contribution < -0.4 is 4.74 Å². The number of carbonyl (C=O) groups is 1. The zero-order valence-corrected chi connectivity index (χ0v) is 9.12. The van der Waals surface area contributed by atoms with Crippen molar-refractivity contribution in [2.75, 3.05) is 6.61 Å². The minimum absolute atomic E-state index is 0.254. The van der Waals surface area contributed by atoms with E-state index in [4.69, 9.17) is 4.74 Å². The molecule has 0 heterocycles. The van der Waals surface area contributed by atoms with Crippen molar-refractivity contribution < 1.29 is 13.9 Å². The van der Waals surface area contributed by atoms with Crippen molar-refractivity contribution in [2.45, 2.75) is 25.7 Å². The third kappa shape index (κ3) is 3.05. The topological polar surface area (TPSA) is 26.3 Å². The minimum atomic E-state index is -0.254. The zero-order valence-electron chi connectivity index (χ0n) is 9.12. The van der Waals surface area contributed by atoms with E-state index < -0.39 is 0 Å². The van der Waals surface area contributed by atoms with Crippen LogP contribution in [0.25, 0.3) is 0 Å². The maximum Gasteiger partial charge on any atom is 0.132 e. The Labute approximate surface area is 94.4 Å². The molecule has 0 atom stereocenters. The standard InChI is InChI=1S/C13H15FO2/c14-11-3-7-13(8-4-11)16-9-10-1-5-12(15)6-2-10/h3-4,7-8,10H,1-2,5-6,9H2. The van der Waals surface area contributed by atoms with Gasteiger partial charge in [0.1, 0.15) is 17.3 Å². The Balaban J connectivity index is 1.79. The van der Waals surface area contributed by atoms with Crippen molar-refractivity contribution in [1.29, 1.82) is 0 Å². The van der Waals surface area contributed by atoms with Crippen LogP contribution in [-0.2, 0) is 4.79 Å². The van der Waals surface area contributed by atoms with Crippen LogP contribution in [0.1, 0.15) is 25.7 Å². The fourth-order valence-corrected chi connectivity index (χ4v) is 1.91. The van der Waals surface area contributed by atoms with Gasteiger partial charge in [0.25, 0.3) is 0 Å². The van der Waals surface area contributed by atoms with Crippen molar-refractivity contribution >= 4 is 5.78 Å². The van der Waals surface area contributed by atoms with E-state index in [9.17, 15) is 9.18 Å². The average molecular weight is 222 g/mol. The molecule has 2 rings (SSSR count). The predicted molar refractivity (Wildman–Crippen MR) is 58.9 cm³/mol. The molecule has 2 nitrogen and oxygen atoms in total. The second-order valence-corrected chi connectivity index (χ2v) is 4.25. The number of hydrogen-bond acceptors (Lipinski definition) is 2. The van der Waals surface area contributed by atoms with E-state index in [-0.39, 0.29) is 5.82 Å². The van der Waals surface area contributed by atoms with Gasteiger partial charge in [0.2, 0.25) is 0 Å². The first-order valence-electron chi connectivity index (χ1n) is 5.64. The summed E-state index contributed by atoms with van der Waals surface area (Å²) in [4.78, 5) is 11.0. The molecule has 1 aromatic rings. The molecule has 0 N–H and O–H groups in total. The number of ether oxygens (including phenoxy) is 1. The van der Waals surface area contributed by atoms with Gasteiger partial charge in [-0.3, -0.25) is 4.79 Å². The molecule has 0 aromatic heterocycles. The number of rotatable bonds is 3. The molecule has 0 saturated heterocycles. The van der Waals surface area contributed by atoms with Gasteiger partial charge in [0, 0.05) is 12.8 Å². The highest BCUT2D eigenvalue weighted by Gasteiger charge is 2.18. The molecule has 1 aliphatic rings. The maximum atomic E-state index is 12.6. The van der Waals surface area contributed by atoms with Crippen LogP contribution in [-0.4, -0.2) is 12.4 Å². The number of benzene rings is 1. The summed E-state index contributed by atoms with van der Waals surface area (Å²) >= 11 is 0. The molecule has 0 aliphatic heterocycles. The molecular weight excluding hydrogens is 207 g/mol. The van der Waals surface area contributed by atoms with Crippen LogP contribution in [0.3, 0.4) is 0 Å². The monoisotopic (exact) mass is 222 g/mol. The smallest absolute Gasteiger partial charge is 0.132 e. The van der Waals surface area contributed by atoms with Crippen LogP contribution in [0.2, 0.25) is 0 Å². The lowest BCUT2D eigenvalue weighted by Crippen LogP contribution is -2.19. The van der Waals surface area contributed by atoms with Gasteiger partial charge in [-0.2, -0.15) is 0 Å². The molecular formula is C13H15FO2. The van der Waals surface area contributed by atoms with E-state index >= 15 is 0 Å². The average Bonchev–Trinajstić information content (AvgIpc) is 2.30. The summed E-state index contributed by atoms with van der Waals surface area (Å²) in [5, 5.41) is 0. The lowest BCUT2D eigenvalue weighted by atomic mass is 9.89. The van der Waals surface area contributed by atoms with E-state index in [0.717, 1.165) is 12.8 Å². The highest BCUT2D eigenvalue weighted by Crippen LogP contribution is 2.22. The summed E-state index contributed by atoms with van der Waals surface area (Å²) in [5.74, 6) is 1.26. The molecule has 1 fully saturated rings. The Morgan fingerprint density at radius 3 is 2.44 bits per heavy atom. The van der Waals surface area contributed by atoms with Crippen molar-refractivity contribution in [1.82, 2.24) is 0 Å². The molecule has 1 saturated carbocycles. The largest absolute Gasteiger partial charge is 0.493 e. The highest BCUT2D eigenvalue weighted by atomic mass is 19.1. The summed E-state index contributed by atoms with van der Waals surface area (Å²) in [5.41, 5.74) is 0. The van der Waals surface area contributed by atoms with Gasteiger partial charge in [-0.15, -0.1) is 0 Å². The van der Waals surface area contributed by atoms with Gasteiger partial charge < -0.3 is 4.74 Å². The molecule has 86 valence electrons. The molecule has 0 unspecified atom stereocenters. The molecule has 16 heavy (non-hydrogen) atoms. The first-order valence-corrected chi connectivity index (χ1v) is 5.64. The fourth-order valence-electron chi connectivity index (χ4n) is 1.91. The summed E-state index contributed by atoms with van der Waals surface area (Å²) in [7, 11) is 0. The molecule has 3 heteroatoms. The Morgan fingerprint density at radius 1 is 1.19 bits per heavy atom. The van der Waals surface area contributed by atoms with Crippen LogP contribution in [0, 0.1) is 11.7 Å². The lowest BCUT2D eigenvalue weighted by molar-refractivity contribution is -0.121. The SMILES string of the molecule is O=C1CCC(COc2ccc(F)cc2)CC1. The molecule has 0 spiro atoms. The summed E-state index contributed by atoms with van der Waals surface area (Å²) in [6.07, 6.45) is 3.19. The van der Waals surface area contributed by atoms with E-state index in [2.05, 4.69) is 0 Å². The Morgan fingerprint density at radius 2 is 1.81 bits per heavy atom. The van der Waals surface area contributed by atoms with Crippen LogP contribution in [0.15, 0.2) is 24.3 Å². The molecule has 1 aromatic carbocycles. The quantitative estimate of drug-likeness (QED) is 0.786. The minimum Gasteiger partial charge on any atom is -0.493 e. The van der Waals surface area contributed by atoms with Gasteiger partial charge >= 0.3 is 0 Å². The third-order valence-corrected chi connectivity index (χ3v) is 2.96. The fraction of sp³-hybridized carbons (Fsp3) is 0.462. The molecule has 1 aliphatic carbocycles. The number of Topliss-reactive ketones (excluding diaryl/α,β-unsaturated/α-hetero) is 1. The van der Waals surface area contributed by atoms with Gasteiger partial charge in [0.15, 0.2) is 0 Å². The Bertz CT molecular complexity index is 349. The summed E-state index contributed by atoms with van der Waals surface area (Å²) in [6, 6.07) is 6.03. The summed E-state index contributed by atoms with van der Waals surface area (Å²) in [6.45, 7) is 0.624. The normalized spacial score (nSPS) is 17.4. The Kier molecular flexibility index (Phi) is 3.54. The first-order chi connectivity index (χ1) is 7.74. The van der Waals surface area contributed by atoms with E-state index in [0.29, 0.717) is 36.9 Å². The molecule has 0 amide bonds. The predicted octanol–water partition coefficient (Wildman–Crippen LogP) is 2.96. The van der Waals surface area contributed by atoms with Gasteiger partial charge in [-0.25, -0.2) is 4.39 Å². The Hall–Kier alpha value is -1.38. The van der Waals surface area contributed by atoms with Gasteiger partial charge in [-0.1, -0.05) is 0 Å². The number of ketones is 1. The van der Waals surface area contributed by atoms with Crippen LogP contribution >= 0.6 is 0 Å². The third-order valence-electron chi connectivity index (χ3n) is 2.96. The second-order valence-electron chi connectivity index (χ2n) is 4.25. The van der Waals surface area contributed by atoms with E-state index in [1.165, 1.54) is 12.1 Å². The van der Waals surface area contributed by atoms with E-state index in [1.807, 2.05) is 0 Å². The van der Waals surface area contributed by atoms with Gasteiger partial charge in [-0.05, 0) is 43.0 Å². The van der Waals surface area contributed by atoms with Gasteiger partial charge in [0.05, 0.1) is 6.61 Å². The highest BCUT2D eigenvalue weighted by molar-refractivity contribution is 5.79. The molecule has 0 radical (unpaired) electrons. The van der Waals surface area contributed by atoms with Crippen molar-refractivity contribution in [3.05, 3.63) is 30.1 Å². The molecule has 0 bridgehead atoms. The van der Waals surface area contributed by atoms with E-state index in [1.54, 1.807) is 12.1 Å². The van der Waals surface area contributed by atoms with Crippen LogP contribution in [0.4, 0.5) is 4.39 Å². The van der Waals surface area contributed by atoms with Crippen molar-refractivity contribution in [3.8, 4) is 5.75 Å². The number of halogens is 1. The zero-order chi connectivity index (χ0) is 11.4. The van der Waals surface area contributed by atoms with Crippen molar-refractivity contribution in [3.63, 3.8) is 0 Å². The second kappa shape index (κ2) is 5.10. The maximum absolute atomic E-state index is 12.6. The lowest BCUT2D eigenvalue weighted by Gasteiger charge is -2.20. The number of carbonyl (C=O) groups excluding carboxylic acids is 1. The van der Waals surface area contributed by atoms with Crippen LogP contribution in [0.5, 0.6) is 5.75 Å². The summed E-state index contributed by atoms with van der Waals surface area (Å²) < 4.78 is 18.2. The number of hydrogen-bond donors (Lipinski definition) is 0. The van der Waals surface area contributed by atoms with Crippen molar-refractivity contribution in [2.24, 2.45) is 5.92 Å². The first kappa shape index (κ1) is 11.1.